The van der Waals surface area contributed by atoms with Crippen molar-refractivity contribution in [3.63, 3.8) is 0 Å². The zero-order chi connectivity index (χ0) is 14.0. The van der Waals surface area contributed by atoms with Gasteiger partial charge in [0.15, 0.2) is 0 Å². The van der Waals surface area contributed by atoms with Gasteiger partial charge in [0, 0.05) is 11.1 Å². The summed E-state index contributed by atoms with van der Waals surface area (Å²) >= 11 is 3.16. The fraction of sp³-hybridized carbons (Fsp3) is 0.231. The summed E-state index contributed by atoms with van der Waals surface area (Å²) in [5, 5.41) is 0. The van der Waals surface area contributed by atoms with Crippen LogP contribution in [0.1, 0.15) is 24.6 Å². The van der Waals surface area contributed by atoms with Crippen molar-refractivity contribution in [1.29, 1.82) is 0 Å². The molecule has 2 aromatic rings. The molecule has 1 aromatic heterocycles. The molecule has 0 bridgehead atoms. The molecular formula is C13H11BrF2N2O. The molecule has 100 valence electrons. The number of aryl methyl sites for hydroxylation is 1. The predicted molar refractivity (Wildman–Crippen MR) is 72.3 cm³/mol. The van der Waals surface area contributed by atoms with Crippen LogP contribution in [0.4, 0.5) is 8.78 Å². The van der Waals surface area contributed by atoms with Crippen molar-refractivity contribution in [3.05, 3.63) is 50.3 Å². The number of nitrogens with one attached hydrogen (secondary N) is 1. The summed E-state index contributed by atoms with van der Waals surface area (Å²) in [6.07, 6.45) is -1.97. The molecule has 2 rings (SSSR count). The van der Waals surface area contributed by atoms with Gasteiger partial charge in [-0.15, -0.1) is 0 Å². The number of hydrogen-bond donors (Lipinski definition) is 1. The Hall–Kier alpha value is -1.56. The van der Waals surface area contributed by atoms with Crippen LogP contribution in [-0.4, -0.2) is 9.97 Å². The summed E-state index contributed by atoms with van der Waals surface area (Å²) in [7, 11) is 0. The minimum atomic E-state index is -2.55. The minimum Gasteiger partial charge on any atom is -0.306 e. The van der Waals surface area contributed by atoms with Gasteiger partial charge in [-0.05, 0) is 28.4 Å². The van der Waals surface area contributed by atoms with Gasteiger partial charge < -0.3 is 4.98 Å². The highest BCUT2D eigenvalue weighted by Crippen LogP contribution is 2.24. The van der Waals surface area contributed by atoms with E-state index in [2.05, 4.69) is 25.9 Å². The fourth-order valence-electron chi connectivity index (χ4n) is 1.70. The second-order valence-corrected chi connectivity index (χ2v) is 4.75. The van der Waals surface area contributed by atoms with Crippen LogP contribution in [0.2, 0.25) is 0 Å². The van der Waals surface area contributed by atoms with Crippen LogP contribution in [0.3, 0.4) is 0 Å². The molecule has 0 atom stereocenters. The number of H-pyrrole nitrogens is 1. The van der Waals surface area contributed by atoms with Crippen molar-refractivity contribution in [1.82, 2.24) is 9.97 Å². The minimum absolute atomic E-state index is 0.0962. The lowest BCUT2D eigenvalue weighted by Gasteiger charge is -2.07. The van der Waals surface area contributed by atoms with Gasteiger partial charge in [-0.1, -0.05) is 25.1 Å². The van der Waals surface area contributed by atoms with E-state index in [0.717, 1.165) is 0 Å². The first-order chi connectivity index (χ1) is 9.02. The summed E-state index contributed by atoms with van der Waals surface area (Å²) < 4.78 is 25.7. The third kappa shape index (κ3) is 2.89. The van der Waals surface area contributed by atoms with Crippen LogP contribution in [0, 0.1) is 0 Å². The van der Waals surface area contributed by atoms with Crippen LogP contribution in [0.15, 0.2) is 33.5 Å². The Bertz CT molecular complexity index is 655. The Balaban J connectivity index is 2.56. The maximum absolute atomic E-state index is 12.7. The molecule has 1 aromatic carbocycles. The van der Waals surface area contributed by atoms with Crippen molar-refractivity contribution >= 4 is 15.9 Å². The highest BCUT2D eigenvalue weighted by molar-refractivity contribution is 9.10. The van der Waals surface area contributed by atoms with Crippen molar-refractivity contribution in [3.8, 4) is 11.4 Å². The van der Waals surface area contributed by atoms with Gasteiger partial charge in [-0.3, -0.25) is 4.79 Å². The van der Waals surface area contributed by atoms with Gasteiger partial charge in [0.2, 0.25) is 0 Å². The van der Waals surface area contributed by atoms with Crippen molar-refractivity contribution < 1.29 is 8.78 Å². The van der Waals surface area contributed by atoms with Crippen LogP contribution < -0.4 is 5.56 Å². The lowest BCUT2D eigenvalue weighted by molar-refractivity contribution is 0.151. The Labute approximate surface area is 116 Å². The zero-order valence-electron chi connectivity index (χ0n) is 10.1. The number of rotatable bonds is 3. The van der Waals surface area contributed by atoms with Crippen molar-refractivity contribution in [2.75, 3.05) is 0 Å². The van der Waals surface area contributed by atoms with Gasteiger partial charge in [-0.2, -0.15) is 0 Å². The number of nitrogens with zero attached hydrogens (tertiary/aromatic N) is 1. The normalized spacial score (nSPS) is 11.0. The third-order valence-electron chi connectivity index (χ3n) is 2.68. The number of halogens is 3. The maximum Gasteiger partial charge on any atom is 0.265 e. The van der Waals surface area contributed by atoms with E-state index in [1.165, 1.54) is 18.2 Å². The number of aromatic nitrogens is 2. The molecule has 0 saturated carbocycles. The van der Waals surface area contributed by atoms with E-state index < -0.39 is 6.43 Å². The summed E-state index contributed by atoms with van der Waals surface area (Å²) in [5.74, 6) is 0.299. The summed E-state index contributed by atoms with van der Waals surface area (Å²) in [5.41, 5.74) is 0.656. The Kier molecular flexibility index (Phi) is 4.09. The highest BCUT2D eigenvalue weighted by Gasteiger charge is 2.12. The molecule has 19 heavy (non-hydrogen) atoms. The van der Waals surface area contributed by atoms with E-state index in [0.29, 0.717) is 28.0 Å². The number of benzene rings is 1. The summed E-state index contributed by atoms with van der Waals surface area (Å²) in [6.45, 7) is 1.87. The maximum atomic E-state index is 12.7. The molecule has 0 amide bonds. The van der Waals surface area contributed by atoms with Crippen molar-refractivity contribution in [2.24, 2.45) is 0 Å². The average molecular weight is 329 g/mol. The molecule has 0 radical (unpaired) electrons. The lowest BCUT2D eigenvalue weighted by Crippen LogP contribution is -2.13. The first-order valence-corrected chi connectivity index (χ1v) is 6.49. The second-order valence-electron chi connectivity index (χ2n) is 3.95. The molecule has 0 fully saturated rings. The average Bonchev–Trinajstić information content (AvgIpc) is 2.41. The van der Waals surface area contributed by atoms with Crippen LogP contribution in [-0.2, 0) is 6.42 Å². The van der Waals surface area contributed by atoms with E-state index in [9.17, 15) is 13.6 Å². The quantitative estimate of drug-likeness (QED) is 0.933. The van der Waals surface area contributed by atoms with E-state index in [-0.39, 0.29) is 11.1 Å². The van der Waals surface area contributed by atoms with Gasteiger partial charge in [0.1, 0.15) is 10.3 Å². The topological polar surface area (TPSA) is 45.8 Å². The van der Waals surface area contributed by atoms with E-state index >= 15 is 0 Å². The Morgan fingerprint density at radius 3 is 2.79 bits per heavy atom. The first-order valence-electron chi connectivity index (χ1n) is 5.70. The zero-order valence-corrected chi connectivity index (χ0v) is 11.7. The molecule has 0 saturated heterocycles. The molecule has 0 aliphatic carbocycles. The van der Waals surface area contributed by atoms with E-state index in [1.54, 1.807) is 6.07 Å². The number of alkyl halides is 2. The molecule has 0 unspecified atom stereocenters. The van der Waals surface area contributed by atoms with Crippen LogP contribution in [0.25, 0.3) is 11.4 Å². The highest BCUT2D eigenvalue weighted by atomic mass is 79.9. The summed E-state index contributed by atoms with van der Waals surface area (Å²) in [6, 6.07) is 5.82. The second kappa shape index (κ2) is 5.61. The fourth-order valence-corrected chi connectivity index (χ4v) is 2.17. The monoisotopic (exact) mass is 328 g/mol. The molecule has 6 heteroatoms. The van der Waals surface area contributed by atoms with Gasteiger partial charge in [-0.25, -0.2) is 13.8 Å². The molecule has 1 N–H and O–H groups in total. The third-order valence-corrected chi connectivity index (χ3v) is 3.50. The predicted octanol–water partition coefficient (Wildman–Crippen LogP) is 3.70. The SMILES string of the molecule is CCc1nc(-c2cccc(C(F)F)c2)[nH]c(=O)c1Br. The molecule has 3 nitrogen and oxygen atoms in total. The van der Waals surface area contributed by atoms with Crippen molar-refractivity contribution in [2.45, 2.75) is 19.8 Å². The smallest absolute Gasteiger partial charge is 0.265 e. The van der Waals surface area contributed by atoms with E-state index in [1.807, 2.05) is 6.92 Å². The Morgan fingerprint density at radius 2 is 2.16 bits per heavy atom. The van der Waals surface area contributed by atoms with Gasteiger partial charge in [0.25, 0.3) is 12.0 Å². The largest absolute Gasteiger partial charge is 0.306 e. The Morgan fingerprint density at radius 1 is 1.42 bits per heavy atom. The lowest BCUT2D eigenvalue weighted by atomic mass is 10.1. The molecule has 1 heterocycles. The first kappa shape index (κ1) is 13.9. The van der Waals surface area contributed by atoms with Crippen LogP contribution in [0.5, 0.6) is 0 Å². The van der Waals surface area contributed by atoms with Gasteiger partial charge in [0.05, 0.1) is 5.69 Å². The number of aromatic amines is 1. The molecule has 0 aliphatic heterocycles. The van der Waals surface area contributed by atoms with Crippen LogP contribution >= 0.6 is 15.9 Å². The molecule has 0 aliphatic rings. The van der Waals surface area contributed by atoms with Gasteiger partial charge >= 0.3 is 0 Å². The molecule has 0 spiro atoms. The van der Waals surface area contributed by atoms with E-state index in [4.69, 9.17) is 0 Å². The molecular weight excluding hydrogens is 318 g/mol. The number of hydrogen-bond acceptors (Lipinski definition) is 2. The standard InChI is InChI=1S/C13H11BrF2N2O/c1-2-9-10(14)13(19)18-12(17-9)8-5-3-4-7(6-8)11(15)16/h3-6,11H,2H2,1H3,(H,17,18,19). The summed E-state index contributed by atoms with van der Waals surface area (Å²) in [4.78, 5) is 18.6.